The van der Waals surface area contributed by atoms with E-state index in [4.69, 9.17) is 0 Å². The fourth-order valence-electron chi connectivity index (χ4n) is 2.53. The van der Waals surface area contributed by atoms with Crippen molar-refractivity contribution in [3.05, 3.63) is 89.0 Å². The monoisotopic (exact) mass is 349 g/mol. The molecule has 0 aliphatic rings. The molecular formula is C21H20FN3O. The van der Waals surface area contributed by atoms with Crippen LogP contribution in [0.4, 0.5) is 15.8 Å². The van der Waals surface area contributed by atoms with Gasteiger partial charge >= 0.3 is 0 Å². The number of aromatic nitrogens is 1. The Morgan fingerprint density at radius 2 is 1.81 bits per heavy atom. The van der Waals surface area contributed by atoms with Crippen LogP contribution in [0, 0.1) is 19.7 Å². The molecule has 26 heavy (non-hydrogen) atoms. The molecule has 2 aromatic carbocycles. The van der Waals surface area contributed by atoms with Crippen molar-refractivity contribution in [1.82, 2.24) is 4.98 Å². The first kappa shape index (κ1) is 17.6. The molecule has 5 heteroatoms. The number of anilines is 2. The van der Waals surface area contributed by atoms with Gasteiger partial charge in [0.2, 0.25) is 0 Å². The van der Waals surface area contributed by atoms with Crippen molar-refractivity contribution >= 4 is 17.3 Å². The van der Waals surface area contributed by atoms with E-state index >= 15 is 0 Å². The molecule has 0 saturated carbocycles. The molecule has 4 nitrogen and oxygen atoms in total. The Labute approximate surface area is 152 Å². The summed E-state index contributed by atoms with van der Waals surface area (Å²) in [5.74, 6) is -0.475. The van der Waals surface area contributed by atoms with Crippen LogP contribution in [0.25, 0.3) is 0 Å². The number of nitrogens with one attached hydrogen (secondary N) is 2. The SMILES string of the molecule is Cc1ccc(C)c(NC(=O)c2cncc(NCc3ccc(F)cc3)c2)c1. The summed E-state index contributed by atoms with van der Waals surface area (Å²) in [6, 6.07) is 13.9. The maximum atomic E-state index is 12.9. The standard InChI is InChI=1S/C21H20FN3O/c1-14-3-4-15(2)20(9-14)25-21(26)17-10-19(13-23-12-17)24-11-16-5-7-18(22)8-6-16/h3-10,12-13,24H,11H2,1-2H3,(H,25,26). The summed E-state index contributed by atoms with van der Waals surface area (Å²) < 4.78 is 12.9. The lowest BCUT2D eigenvalue weighted by Crippen LogP contribution is -2.13. The Bertz CT molecular complexity index is 923. The van der Waals surface area contributed by atoms with Gasteiger partial charge in [-0.15, -0.1) is 0 Å². The first-order chi connectivity index (χ1) is 12.5. The molecule has 1 heterocycles. The second-order valence-corrected chi connectivity index (χ2v) is 6.21. The third-order valence-electron chi connectivity index (χ3n) is 4.05. The lowest BCUT2D eigenvalue weighted by molar-refractivity contribution is 0.102. The molecule has 0 bridgehead atoms. The number of amides is 1. The molecule has 2 N–H and O–H groups in total. The van der Waals surface area contributed by atoms with Crippen molar-refractivity contribution in [2.45, 2.75) is 20.4 Å². The summed E-state index contributed by atoms with van der Waals surface area (Å²) in [5, 5.41) is 6.12. The van der Waals surface area contributed by atoms with E-state index in [0.29, 0.717) is 12.1 Å². The van der Waals surface area contributed by atoms with E-state index in [0.717, 1.165) is 28.1 Å². The van der Waals surface area contributed by atoms with Crippen LogP contribution in [0.1, 0.15) is 27.0 Å². The smallest absolute Gasteiger partial charge is 0.257 e. The predicted octanol–water partition coefficient (Wildman–Crippen LogP) is 4.70. The van der Waals surface area contributed by atoms with E-state index < -0.39 is 0 Å². The molecule has 3 aromatic rings. The number of hydrogen-bond acceptors (Lipinski definition) is 3. The largest absolute Gasteiger partial charge is 0.380 e. The molecule has 0 atom stereocenters. The van der Waals surface area contributed by atoms with Crippen molar-refractivity contribution < 1.29 is 9.18 Å². The minimum absolute atomic E-state index is 0.211. The van der Waals surface area contributed by atoms with E-state index in [9.17, 15) is 9.18 Å². The average molecular weight is 349 g/mol. The number of nitrogens with zero attached hydrogens (tertiary/aromatic N) is 1. The lowest BCUT2D eigenvalue weighted by Gasteiger charge is -2.11. The zero-order chi connectivity index (χ0) is 18.5. The van der Waals surface area contributed by atoms with Crippen molar-refractivity contribution in [1.29, 1.82) is 0 Å². The van der Waals surface area contributed by atoms with Crippen LogP contribution in [0.3, 0.4) is 0 Å². The fraction of sp³-hybridized carbons (Fsp3) is 0.143. The van der Waals surface area contributed by atoms with Gasteiger partial charge in [-0.1, -0.05) is 24.3 Å². The van der Waals surface area contributed by atoms with Crippen LogP contribution in [-0.4, -0.2) is 10.9 Å². The molecule has 0 fully saturated rings. The number of aryl methyl sites for hydroxylation is 2. The molecule has 0 spiro atoms. The first-order valence-corrected chi connectivity index (χ1v) is 8.33. The van der Waals surface area contributed by atoms with Gasteiger partial charge in [-0.25, -0.2) is 4.39 Å². The highest BCUT2D eigenvalue weighted by atomic mass is 19.1. The van der Waals surface area contributed by atoms with E-state index in [1.807, 2.05) is 32.0 Å². The van der Waals surface area contributed by atoms with E-state index in [1.54, 1.807) is 24.4 Å². The van der Waals surface area contributed by atoms with Crippen LogP contribution in [0.5, 0.6) is 0 Å². The highest BCUT2D eigenvalue weighted by Crippen LogP contribution is 2.18. The van der Waals surface area contributed by atoms with Crippen LogP contribution >= 0.6 is 0 Å². The third kappa shape index (κ3) is 4.45. The minimum Gasteiger partial charge on any atom is -0.380 e. The van der Waals surface area contributed by atoms with Gasteiger partial charge in [0, 0.05) is 24.6 Å². The van der Waals surface area contributed by atoms with Crippen LogP contribution in [-0.2, 0) is 6.54 Å². The Hall–Kier alpha value is -3.21. The van der Waals surface area contributed by atoms with Crippen molar-refractivity contribution in [3.63, 3.8) is 0 Å². The molecule has 3 rings (SSSR count). The molecule has 132 valence electrons. The minimum atomic E-state index is -0.263. The zero-order valence-corrected chi connectivity index (χ0v) is 14.7. The Morgan fingerprint density at radius 3 is 2.58 bits per heavy atom. The quantitative estimate of drug-likeness (QED) is 0.702. The van der Waals surface area contributed by atoms with Crippen molar-refractivity contribution in [2.24, 2.45) is 0 Å². The zero-order valence-electron chi connectivity index (χ0n) is 14.7. The predicted molar refractivity (Wildman–Crippen MR) is 102 cm³/mol. The topological polar surface area (TPSA) is 54.0 Å². The molecule has 0 radical (unpaired) electrons. The molecule has 0 unspecified atom stereocenters. The Morgan fingerprint density at radius 1 is 1.04 bits per heavy atom. The van der Waals surface area contributed by atoms with E-state index in [1.165, 1.54) is 18.3 Å². The van der Waals surface area contributed by atoms with Crippen LogP contribution < -0.4 is 10.6 Å². The highest BCUT2D eigenvalue weighted by molar-refractivity contribution is 6.05. The second-order valence-electron chi connectivity index (χ2n) is 6.21. The van der Waals surface area contributed by atoms with Gasteiger partial charge in [0.25, 0.3) is 5.91 Å². The van der Waals surface area contributed by atoms with Crippen LogP contribution in [0.2, 0.25) is 0 Å². The molecular weight excluding hydrogens is 329 g/mol. The van der Waals surface area contributed by atoms with Gasteiger partial charge < -0.3 is 10.6 Å². The number of carbonyl (C=O) groups excluding carboxylic acids is 1. The molecule has 1 aromatic heterocycles. The maximum absolute atomic E-state index is 12.9. The normalized spacial score (nSPS) is 10.4. The number of rotatable bonds is 5. The molecule has 0 saturated heterocycles. The van der Waals surface area contributed by atoms with Crippen molar-refractivity contribution in [2.75, 3.05) is 10.6 Å². The number of carbonyl (C=O) groups is 1. The summed E-state index contributed by atoms with van der Waals surface area (Å²) in [6.45, 7) is 4.45. The third-order valence-corrected chi connectivity index (χ3v) is 4.05. The molecule has 0 aliphatic heterocycles. The van der Waals surface area contributed by atoms with Gasteiger partial charge in [-0.3, -0.25) is 9.78 Å². The van der Waals surface area contributed by atoms with Gasteiger partial charge in [-0.2, -0.15) is 0 Å². The maximum Gasteiger partial charge on any atom is 0.257 e. The first-order valence-electron chi connectivity index (χ1n) is 8.33. The van der Waals surface area contributed by atoms with Gasteiger partial charge in [0.1, 0.15) is 5.82 Å². The van der Waals surface area contributed by atoms with Crippen molar-refractivity contribution in [3.8, 4) is 0 Å². The summed E-state index contributed by atoms with van der Waals surface area (Å²) in [4.78, 5) is 16.7. The number of hydrogen-bond donors (Lipinski definition) is 2. The number of benzene rings is 2. The van der Waals surface area contributed by atoms with E-state index in [2.05, 4.69) is 15.6 Å². The highest BCUT2D eigenvalue weighted by Gasteiger charge is 2.09. The summed E-state index contributed by atoms with van der Waals surface area (Å²) in [5.41, 5.74) is 5.01. The van der Waals surface area contributed by atoms with Crippen LogP contribution in [0.15, 0.2) is 60.9 Å². The average Bonchev–Trinajstić information content (AvgIpc) is 2.64. The summed E-state index contributed by atoms with van der Waals surface area (Å²) >= 11 is 0. The Balaban J connectivity index is 1.69. The van der Waals surface area contributed by atoms with Gasteiger partial charge in [0.05, 0.1) is 11.3 Å². The summed E-state index contributed by atoms with van der Waals surface area (Å²) in [6.07, 6.45) is 3.18. The number of pyridine rings is 1. The number of halogens is 1. The fourth-order valence-corrected chi connectivity index (χ4v) is 2.53. The van der Waals surface area contributed by atoms with Gasteiger partial charge in [-0.05, 0) is 54.8 Å². The molecule has 0 aliphatic carbocycles. The lowest BCUT2D eigenvalue weighted by atomic mass is 10.1. The second kappa shape index (κ2) is 7.78. The summed E-state index contributed by atoms with van der Waals surface area (Å²) in [7, 11) is 0. The van der Waals surface area contributed by atoms with E-state index in [-0.39, 0.29) is 11.7 Å². The Kier molecular flexibility index (Phi) is 5.27. The molecule has 1 amide bonds. The van der Waals surface area contributed by atoms with Gasteiger partial charge in [0.15, 0.2) is 0 Å².